The number of nitro groups is 1. The van der Waals surface area contributed by atoms with E-state index in [0.717, 1.165) is 23.8 Å². The lowest BCUT2D eigenvalue weighted by atomic mass is 10.0. The van der Waals surface area contributed by atoms with Crippen LogP contribution in [0.5, 0.6) is 0 Å². The van der Waals surface area contributed by atoms with Gasteiger partial charge in [0.15, 0.2) is 0 Å². The number of carbonyl (C=O) groups excluding carboxylic acids is 3. The third-order valence-electron chi connectivity index (χ3n) is 7.64. The van der Waals surface area contributed by atoms with E-state index in [2.05, 4.69) is 10.2 Å². The normalized spacial score (nSPS) is 14.4. The maximum absolute atomic E-state index is 14.6. The number of aromatic nitrogens is 2. The van der Waals surface area contributed by atoms with Crippen LogP contribution in [0.15, 0.2) is 65.5 Å². The molecule has 0 spiro atoms. The molecule has 4 aromatic rings. The fraction of sp³-hybridized carbons (Fsp3) is 0.258. The number of aromatic amines is 1. The molecule has 1 saturated carbocycles. The molecule has 3 N–H and O–H groups in total. The molecule has 14 heteroatoms. The largest absolute Gasteiger partial charge is 0.366 e. The van der Waals surface area contributed by atoms with Gasteiger partial charge < -0.3 is 15.5 Å². The third kappa shape index (κ3) is 7.33. The number of nitrogens with one attached hydrogen (secondary N) is 1. The molecule has 1 aromatic heterocycles. The van der Waals surface area contributed by atoms with Crippen LogP contribution >= 0.6 is 22.6 Å². The van der Waals surface area contributed by atoms with Crippen LogP contribution in [0.25, 0.3) is 10.8 Å². The highest BCUT2D eigenvalue weighted by Crippen LogP contribution is 2.31. The average molecular weight is 727 g/mol. The summed E-state index contributed by atoms with van der Waals surface area (Å²) in [6.45, 7) is 1.76. The fourth-order valence-corrected chi connectivity index (χ4v) is 5.57. The van der Waals surface area contributed by atoms with Gasteiger partial charge in [-0.3, -0.25) is 29.3 Å². The van der Waals surface area contributed by atoms with E-state index >= 15 is 0 Å². The minimum absolute atomic E-state index is 0.0122. The van der Waals surface area contributed by atoms with Crippen LogP contribution in [-0.4, -0.2) is 68.8 Å². The molecule has 0 bridgehead atoms. The van der Waals surface area contributed by atoms with Crippen LogP contribution in [0.4, 0.5) is 10.1 Å². The van der Waals surface area contributed by atoms with Crippen LogP contribution in [-0.2, 0) is 11.2 Å². The number of H-pyrrole nitrogens is 1. The number of rotatable bonds is 6. The van der Waals surface area contributed by atoms with Crippen molar-refractivity contribution >= 4 is 56.8 Å². The number of hydrogen-bond donors (Lipinski definition) is 2. The summed E-state index contributed by atoms with van der Waals surface area (Å²) in [6.07, 6.45) is 2.26. The van der Waals surface area contributed by atoms with E-state index in [4.69, 9.17) is 5.73 Å². The summed E-state index contributed by atoms with van der Waals surface area (Å²) in [5.74, 6) is -1.29. The lowest BCUT2D eigenvalue weighted by Crippen LogP contribution is -2.51. The van der Waals surface area contributed by atoms with Crippen LogP contribution in [0.2, 0.25) is 0 Å². The Balaban J connectivity index is 0.000000259. The summed E-state index contributed by atoms with van der Waals surface area (Å²) in [4.78, 5) is 61.3. The molecule has 2 aliphatic rings. The standard InChI is InChI=1S/C24H23FN4O3.C7H5IN2O3/c25-20-8-5-15(14-21-17-3-1-2-4-18(17)22(30)27-26-21)13-19(20)24(32)29-11-9-28(10-12-29)23(31)16-6-7-16;8-5-2-1-4(7(9)11)3-6(5)10(12)13/h1-5,8,13,16H,6-7,9-12,14H2,(H,27,30);1-3H,(H2,9,11). The van der Waals surface area contributed by atoms with Gasteiger partial charge in [0.05, 0.1) is 25.1 Å². The first kappa shape index (κ1) is 31.7. The number of hydrogen-bond acceptors (Lipinski definition) is 7. The summed E-state index contributed by atoms with van der Waals surface area (Å²) in [6, 6.07) is 15.8. The number of benzene rings is 3. The van der Waals surface area contributed by atoms with Gasteiger partial charge in [-0.2, -0.15) is 5.10 Å². The molecule has 3 amide bonds. The predicted molar refractivity (Wildman–Crippen MR) is 171 cm³/mol. The van der Waals surface area contributed by atoms with Gasteiger partial charge in [0.25, 0.3) is 17.2 Å². The summed E-state index contributed by atoms with van der Waals surface area (Å²) < 4.78 is 15.0. The zero-order valence-corrected chi connectivity index (χ0v) is 26.0. The highest BCUT2D eigenvalue weighted by atomic mass is 127. The van der Waals surface area contributed by atoms with Crippen molar-refractivity contribution in [2.75, 3.05) is 26.2 Å². The predicted octanol–water partition coefficient (Wildman–Crippen LogP) is 3.65. The van der Waals surface area contributed by atoms with Crippen molar-refractivity contribution in [3.63, 3.8) is 0 Å². The van der Waals surface area contributed by atoms with E-state index in [-0.39, 0.29) is 40.1 Å². The lowest BCUT2D eigenvalue weighted by Gasteiger charge is -2.35. The maximum Gasteiger partial charge on any atom is 0.283 e. The Morgan fingerprint density at radius 2 is 1.67 bits per heavy atom. The Kier molecular flexibility index (Phi) is 9.51. The Bertz CT molecular complexity index is 1870. The van der Waals surface area contributed by atoms with Gasteiger partial charge in [0.1, 0.15) is 5.82 Å². The Morgan fingerprint density at radius 1 is 1.00 bits per heavy atom. The highest BCUT2D eigenvalue weighted by molar-refractivity contribution is 14.1. The van der Waals surface area contributed by atoms with Crippen LogP contribution in [0.1, 0.15) is 44.8 Å². The number of primary amides is 1. The molecule has 0 radical (unpaired) electrons. The van der Waals surface area contributed by atoms with Gasteiger partial charge in [0.2, 0.25) is 11.8 Å². The number of fused-ring (bicyclic) bond motifs is 1. The number of halogens is 2. The van der Waals surface area contributed by atoms with Gasteiger partial charge in [-0.05, 0) is 71.3 Å². The van der Waals surface area contributed by atoms with E-state index in [0.29, 0.717) is 47.3 Å². The number of nitrogens with two attached hydrogens (primary N) is 1. The minimum atomic E-state index is -0.667. The molecule has 1 aliphatic carbocycles. The van der Waals surface area contributed by atoms with Gasteiger partial charge in [-0.1, -0.05) is 24.3 Å². The molecule has 1 saturated heterocycles. The molecular formula is C31H28FIN6O6. The number of carbonyl (C=O) groups is 3. The second-order valence-electron chi connectivity index (χ2n) is 10.7. The zero-order valence-electron chi connectivity index (χ0n) is 23.9. The summed E-state index contributed by atoms with van der Waals surface area (Å²) in [5.41, 5.74) is 6.14. The van der Waals surface area contributed by atoms with Gasteiger partial charge in [0, 0.05) is 55.5 Å². The van der Waals surface area contributed by atoms with Crippen molar-refractivity contribution in [1.82, 2.24) is 20.0 Å². The molecule has 0 unspecified atom stereocenters. The van der Waals surface area contributed by atoms with Crippen molar-refractivity contribution in [3.8, 4) is 0 Å². The topological polar surface area (TPSA) is 173 Å². The first-order valence-electron chi connectivity index (χ1n) is 14.1. The molecule has 45 heavy (non-hydrogen) atoms. The molecule has 2 fully saturated rings. The third-order valence-corrected chi connectivity index (χ3v) is 8.55. The molecular weight excluding hydrogens is 698 g/mol. The summed E-state index contributed by atoms with van der Waals surface area (Å²) >= 11 is 1.82. The SMILES string of the molecule is NC(=O)c1ccc(I)c([N+](=O)[O-])c1.O=C(c1cc(Cc2n[nH]c(=O)c3ccccc23)ccc1F)N1CCN(C(=O)C2CC2)CC1. The second kappa shape index (κ2) is 13.5. The van der Waals surface area contributed by atoms with Gasteiger partial charge in [-0.25, -0.2) is 9.49 Å². The number of nitrogens with zero attached hydrogens (tertiary/aromatic N) is 4. The molecule has 0 atom stereocenters. The highest BCUT2D eigenvalue weighted by Gasteiger charge is 2.35. The fourth-order valence-electron chi connectivity index (χ4n) is 5.04. The van der Waals surface area contributed by atoms with Gasteiger partial charge in [-0.15, -0.1) is 0 Å². The molecule has 2 heterocycles. The number of piperazine rings is 1. The van der Waals surface area contributed by atoms with E-state index in [9.17, 15) is 33.7 Å². The Labute approximate surface area is 269 Å². The van der Waals surface area contributed by atoms with Crippen LogP contribution < -0.4 is 11.3 Å². The quantitative estimate of drug-likeness (QED) is 0.173. The van der Waals surface area contributed by atoms with E-state index in [1.165, 1.54) is 24.3 Å². The number of nitro benzene ring substituents is 1. The van der Waals surface area contributed by atoms with E-state index in [1.54, 1.807) is 34.1 Å². The van der Waals surface area contributed by atoms with Crippen molar-refractivity contribution < 1.29 is 23.7 Å². The summed E-state index contributed by atoms with van der Waals surface area (Å²) in [7, 11) is 0. The maximum atomic E-state index is 14.6. The lowest BCUT2D eigenvalue weighted by molar-refractivity contribution is -0.385. The van der Waals surface area contributed by atoms with Crippen molar-refractivity contribution in [1.29, 1.82) is 0 Å². The second-order valence-corrected chi connectivity index (χ2v) is 11.9. The van der Waals surface area contributed by atoms with Crippen LogP contribution in [0.3, 0.4) is 0 Å². The first-order chi connectivity index (χ1) is 21.5. The van der Waals surface area contributed by atoms with Crippen LogP contribution in [0, 0.1) is 25.4 Å². The smallest absolute Gasteiger partial charge is 0.283 e. The molecule has 3 aromatic carbocycles. The molecule has 12 nitrogen and oxygen atoms in total. The molecule has 232 valence electrons. The van der Waals surface area contributed by atoms with Gasteiger partial charge >= 0.3 is 0 Å². The van der Waals surface area contributed by atoms with Crippen molar-refractivity contribution in [2.24, 2.45) is 11.7 Å². The molecule has 1 aliphatic heterocycles. The monoisotopic (exact) mass is 726 g/mol. The summed E-state index contributed by atoms with van der Waals surface area (Å²) in [5, 5.41) is 18.4. The Morgan fingerprint density at radius 3 is 2.31 bits per heavy atom. The zero-order chi connectivity index (χ0) is 32.2. The number of amides is 3. The molecule has 6 rings (SSSR count). The van der Waals surface area contributed by atoms with Crippen molar-refractivity contribution in [3.05, 3.63) is 113 Å². The first-order valence-corrected chi connectivity index (χ1v) is 15.2. The minimum Gasteiger partial charge on any atom is -0.366 e. The van der Waals surface area contributed by atoms with E-state index in [1.807, 2.05) is 34.7 Å². The Hall–Kier alpha value is -4.73. The average Bonchev–Trinajstić information content (AvgIpc) is 3.89. The van der Waals surface area contributed by atoms with E-state index < -0.39 is 16.6 Å². The van der Waals surface area contributed by atoms with Crippen molar-refractivity contribution in [2.45, 2.75) is 19.3 Å².